The molecule has 1 N–H and O–H groups in total. The highest BCUT2D eigenvalue weighted by atomic mass is 16.5. The molecule has 0 spiro atoms. The van der Waals surface area contributed by atoms with Crippen LogP contribution in [0, 0.1) is 0 Å². The normalized spacial score (nSPS) is 17.2. The van der Waals surface area contributed by atoms with Crippen molar-refractivity contribution >= 4 is 0 Å². The molecule has 1 aliphatic carbocycles. The Balaban J connectivity index is 2.31. The minimum absolute atomic E-state index is 0.0351. The van der Waals surface area contributed by atoms with Crippen LogP contribution in [0.2, 0.25) is 0 Å². The topological polar surface area (TPSA) is 32.7 Å². The average molecular weight is 235 g/mol. The molecule has 0 atom stereocenters. The van der Waals surface area contributed by atoms with E-state index in [1.54, 1.807) is 7.11 Å². The number of benzene rings is 1. The number of hydrogen-bond donors (Lipinski definition) is 1. The summed E-state index contributed by atoms with van der Waals surface area (Å²) in [7, 11) is 5.79. The quantitative estimate of drug-likeness (QED) is 0.844. The van der Waals surface area contributed by atoms with E-state index in [2.05, 4.69) is 17.0 Å². The van der Waals surface area contributed by atoms with Crippen LogP contribution in [0.4, 0.5) is 0 Å². The molecule has 1 fully saturated rings. The van der Waals surface area contributed by atoms with Gasteiger partial charge in [0.1, 0.15) is 5.75 Å². The molecule has 3 nitrogen and oxygen atoms in total. The lowest BCUT2D eigenvalue weighted by Crippen LogP contribution is -2.15. The monoisotopic (exact) mass is 235 g/mol. The summed E-state index contributed by atoms with van der Waals surface area (Å²) < 4.78 is 5.38. The summed E-state index contributed by atoms with van der Waals surface area (Å²) in [6.07, 6.45) is 2.19. The van der Waals surface area contributed by atoms with Crippen molar-refractivity contribution in [3.8, 4) is 5.75 Å². The fraction of sp³-hybridized carbons (Fsp3) is 0.571. The van der Waals surface area contributed by atoms with E-state index >= 15 is 0 Å². The third-order valence-electron chi connectivity index (χ3n) is 3.54. The molecule has 0 unspecified atom stereocenters. The molecular weight excluding hydrogens is 214 g/mol. The lowest BCUT2D eigenvalue weighted by Gasteiger charge is -2.18. The Morgan fingerprint density at radius 1 is 1.35 bits per heavy atom. The van der Waals surface area contributed by atoms with Crippen LogP contribution >= 0.6 is 0 Å². The number of hydrogen-bond acceptors (Lipinski definition) is 3. The van der Waals surface area contributed by atoms with Gasteiger partial charge in [-0.05, 0) is 38.6 Å². The predicted molar refractivity (Wildman–Crippen MR) is 68.4 cm³/mol. The molecule has 0 amide bonds. The van der Waals surface area contributed by atoms with Crippen molar-refractivity contribution in [1.82, 2.24) is 4.90 Å². The number of rotatable bonds is 5. The molecule has 2 rings (SSSR count). The number of methoxy groups -OCH3 is 1. The van der Waals surface area contributed by atoms with Gasteiger partial charge in [-0.3, -0.25) is 0 Å². The van der Waals surface area contributed by atoms with E-state index in [1.165, 1.54) is 11.1 Å². The highest BCUT2D eigenvalue weighted by Gasteiger charge is 2.43. The van der Waals surface area contributed by atoms with Crippen LogP contribution in [-0.2, 0) is 12.0 Å². The predicted octanol–water partition coefficient (Wildman–Crippen LogP) is 1.78. The van der Waals surface area contributed by atoms with Crippen molar-refractivity contribution < 1.29 is 9.84 Å². The Morgan fingerprint density at radius 2 is 2.06 bits per heavy atom. The first-order valence-electron chi connectivity index (χ1n) is 6.04. The third-order valence-corrected chi connectivity index (χ3v) is 3.54. The SMILES string of the molecule is COc1ccc(C2(CO)CC2)cc1CN(C)C. The van der Waals surface area contributed by atoms with Gasteiger partial charge < -0.3 is 14.7 Å². The van der Waals surface area contributed by atoms with E-state index < -0.39 is 0 Å². The number of aliphatic hydroxyl groups is 1. The van der Waals surface area contributed by atoms with Crippen molar-refractivity contribution in [2.45, 2.75) is 24.8 Å². The van der Waals surface area contributed by atoms with Crippen molar-refractivity contribution in [3.63, 3.8) is 0 Å². The maximum atomic E-state index is 9.47. The summed E-state index contributed by atoms with van der Waals surface area (Å²) in [5, 5.41) is 9.47. The molecule has 0 aliphatic heterocycles. The average Bonchev–Trinajstić information content (AvgIpc) is 3.09. The Labute approximate surface area is 103 Å². The summed E-state index contributed by atoms with van der Waals surface area (Å²) in [4.78, 5) is 2.13. The van der Waals surface area contributed by atoms with Crippen LogP contribution in [-0.4, -0.2) is 37.8 Å². The smallest absolute Gasteiger partial charge is 0.123 e. The van der Waals surface area contributed by atoms with Crippen LogP contribution in [0.25, 0.3) is 0 Å². The largest absolute Gasteiger partial charge is 0.496 e. The summed E-state index contributed by atoms with van der Waals surface area (Å²) in [6, 6.07) is 6.28. The van der Waals surface area contributed by atoms with E-state index in [0.29, 0.717) is 0 Å². The Hall–Kier alpha value is -1.06. The van der Waals surface area contributed by atoms with Gasteiger partial charge in [0.25, 0.3) is 0 Å². The standard InChI is InChI=1S/C14H21NO2/c1-15(2)9-11-8-12(4-5-13(11)17-3)14(10-16)6-7-14/h4-5,8,16H,6-7,9-10H2,1-3H3. The van der Waals surface area contributed by atoms with E-state index in [0.717, 1.165) is 25.1 Å². The minimum atomic E-state index is 0.0351. The van der Waals surface area contributed by atoms with Gasteiger partial charge in [-0.25, -0.2) is 0 Å². The zero-order chi connectivity index (χ0) is 12.5. The highest BCUT2D eigenvalue weighted by Crippen LogP contribution is 2.48. The maximum Gasteiger partial charge on any atom is 0.123 e. The molecular formula is C14H21NO2. The first-order valence-corrected chi connectivity index (χ1v) is 6.04. The lowest BCUT2D eigenvalue weighted by molar-refractivity contribution is 0.255. The molecule has 1 aliphatic rings. The second-order valence-electron chi connectivity index (χ2n) is 5.20. The van der Waals surface area contributed by atoms with Gasteiger partial charge in [0.05, 0.1) is 13.7 Å². The summed E-state index contributed by atoms with van der Waals surface area (Å²) in [6.45, 7) is 1.11. The van der Waals surface area contributed by atoms with Crippen molar-refractivity contribution in [2.75, 3.05) is 27.8 Å². The van der Waals surface area contributed by atoms with Gasteiger partial charge in [-0.2, -0.15) is 0 Å². The van der Waals surface area contributed by atoms with Gasteiger partial charge >= 0.3 is 0 Å². The van der Waals surface area contributed by atoms with E-state index in [4.69, 9.17) is 4.74 Å². The molecule has 1 aromatic carbocycles. The highest BCUT2D eigenvalue weighted by molar-refractivity contribution is 5.42. The Bertz CT molecular complexity index is 397. The van der Waals surface area contributed by atoms with Crippen LogP contribution in [0.3, 0.4) is 0 Å². The molecule has 0 bridgehead atoms. The zero-order valence-electron chi connectivity index (χ0n) is 10.9. The molecule has 3 heteroatoms. The minimum Gasteiger partial charge on any atom is -0.496 e. The van der Waals surface area contributed by atoms with Crippen LogP contribution < -0.4 is 4.74 Å². The second kappa shape index (κ2) is 4.67. The molecule has 1 saturated carbocycles. The third kappa shape index (κ3) is 2.45. The van der Waals surface area contributed by atoms with E-state index in [1.807, 2.05) is 20.2 Å². The number of nitrogens with zero attached hydrogens (tertiary/aromatic N) is 1. The summed E-state index contributed by atoms with van der Waals surface area (Å²) in [5.74, 6) is 0.927. The summed E-state index contributed by atoms with van der Waals surface area (Å²) >= 11 is 0. The van der Waals surface area contributed by atoms with Gasteiger partial charge in [0.2, 0.25) is 0 Å². The van der Waals surface area contributed by atoms with Crippen molar-refractivity contribution in [2.24, 2.45) is 0 Å². The van der Waals surface area contributed by atoms with Crippen molar-refractivity contribution in [3.05, 3.63) is 29.3 Å². The lowest BCUT2D eigenvalue weighted by atomic mass is 9.94. The molecule has 17 heavy (non-hydrogen) atoms. The molecule has 94 valence electrons. The molecule has 0 aromatic heterocycles. The van der Waals surface area contributed by atoms with Crippen molar-refractivity contribution in [1.29, 1.82) is 0 Å². The van der Waals surface area contributed by atoms with Crippen LogP contribution in [0.5, 0.6) is 5.75 Å². The van der Waals surface area contributed by atoms with Gasteiger partial charge in [0.15, 0.2) is 0 Å². The first kappa shape index (κ1) is 12.4. The van der Waals surface area contributed by atoms with E-state index in [-0.39, 0.29) is 12.0 Å². The van der Waals surface area contributed by atoms with E-state index in [9.17, 15) is 5.11 Å². The Morgan fingerprint density at radius 3 is 2.53 bits per heavy atom. The molecule has 0 radical (unpaired) electrons. The Kier molecular flexibility index (Phi) is 3.40. The summed E-state index contributed by atoms with van der Waals surface area (Å²) in [5.41, 5.74) is 2.47. The molecule has 0 heterocycles. The molecule has 0 saturated heterocycles. The van der Waals surface area contributed by atoms with Gasteiger partial charge in [0, 0.05) is 17.5 Å². The second-order valence-corrected chi connectivity index (χ2v) is 5.20. The van der Waals surface area contributed by atoms with Gasteiger partial charge in [-0.1, -0.05) is 12.1 Å². The first-order chi connectivity index (χ1) is 8.11. The van der Waals surface area contributed by atoms with Crippen LogP contribution in [0.15, 0.2) is 18.2 Å². The number of ether oxygens (including phenoxy) is 1. The molecule has 1 aromatic rings. The fourth-order valence-corrected chi connectivity index (χ4v) is 2.26. The van der Waals surface area contributed by atoms with Crippen LogP contribution in [0.1, 0.15) is 24.0 Å². The maximum absolute atomic E-state index is 9.47. The van der Waals surface area contributed by atoms with Gasteiger partial charge in [-0.15, -0.1) is 0 Å². The number of aliphatic hydroxyl groups excluding tert-OH is 1. The zero-order valence-corrected chi connectivity index (χ0v) is 10.9. The fourth-order valence-electron chi connectivity index (χ4n) is 2.26.